The lowest BCUT2D eigenvalue weighted by atomic mass is 10.2. The van der Waals surface area contributed by atoms with Gasteiger partial charge in [-0.25, -0.2) is 4.98 Å². The first-order valence-electron chi connectivity index (χ1n) is 8.42. The van der Waals surface area contributed by atoms with E-state index in [1.54, 1.807) is 30.3 Å². The number of amides is 2. The van der Waals surface area contributed by atoms with E-state index in [0.717, 1.165) is 6.42 Å². The third kappa shape index (κ3) is 5.68. The number of nitrogens with zero attached hydrogens (tertiary/aromatic N) is 3. The zero-order valence-electron chi connectivity index (χ0n) is 14.9. The van der Waals surface area contributed by atoms with E-state index in [4.69, 9.17) is 9.47 Å². The summed E-state index contributed by atoms with van der Waals surface area (Å²) in [5.74, 6) is 0.254. The Morgan fingerprint density at radius 3 is 2.68 bits per heavy atom. The van der Waals surface area contributed by atoms with E-state index in [0.29, 0.717) is 57.3 Å². The van der Waals surface area contributed by atoms with Gasteiger partial charge in [0.05, 0.1) is 13.7 Å². The van der Waals surface area contributed by atoms with Crippen LogP contribution in [0.3, 0.4) is 0 Å². The summed E-state index contributed by atoms with van der Waals surface area (Å²) in [6.45, 7) is 4.09. The summed E-state index contributed by atoms with van der Waals surface area (Å²) in [6.07, 6.45) is 2.40. The Bertz CT molecular complexity index is 574. The Balaban J connectivity index is 1.77. The first-order valence-corrected chi connectivity index (χ1v) is 8.42. The van der Waals surface area contributed by atoms with Gasteiger partial charge in [0.1, 0.15) is 5.56 Å². The molecule has 1 aliphatic rings. The second kappa shape index (κ2) is 9.95. The Hall–Kier alpha value is -2.19. The van der Waals surface area contributed by atoms with Crippen molar-refractivity contribution >= 4 is 11.8 Å². The van der Waals surface area contributed by atoms with Crippen LogP contribution in [-0.4, -0.2) is 86.7 Å². The lowest BCUT2D eigenvalue weighted by Gasteiger charge is -2.34. The van der Waals surface area contributed by atoms with Gasteiger partial charge in [-0.15, -0.1) is 0 Å². The Kier molecular flexibility index (Phi) is 7.62. The van der Waals surface area contributed by atoms with Gasteiger partial charge in [0.2, 0.25) is 11.8 Å². The summed E-state index contributed by atoms with van der Waals surface area (Å²) in [5, 5.41) is 2.87. The highest BCUT2D eigenvalue weighted by Gasteiger charge is 2.25. The minimum absolute atomic E-state index is 0.00445. The lowest BCUT2D eigenvalue weighted by Crippen LogP contribution is -2.51. The van der Waals surface area contributed by atoms with Crippen LogP contribution >= 0.6 is 0 Å². The molecule has 0 unspecified atom stereocenters. The molecule has 1 aromatic rings. The van der Waals surface area contributed by atoms with Gasteiger partial charge < -0.3 is 19.7 Å². The summed E-state index contributed by atoms with van der Waals surface area (Å²) in [6, 6.07) is 3.44. The fraction of sp³-hybridized carbons (Fsp3) is 0.588. The van der Waals surface area contributed by atoms with Gasteiger partial charge in [-0.3, -0.25) is 14.5 Å². The van der Waals surface area contributed by atoms with Crippen LogP contribution in [0.25, 0.3) is 0 Å². The van der Waals surface area contributed by atoms with Crippen molar-refractivity contribution in [2.45, 2.75) is 6.42 Å². The van der Waals surface area contributed by atoms with Crippen molar-refractivity contribution in [3.63, 3.8) is 0 Å². The van der Waals surface area contributed by atoms with Crippen LogP contribution in [0.5, 0.6) is 5.88 Å². The van der Waals surface area contributed by atoms with E-state index in [2.05, 4.69) is 15.2 Å². The maximum absolute atomic E-state index is 12.6. The number of hydrogen-bond donors (Lipinski definition) is 1. The molecule has 0 aromatic carbocycles. The second-order valence-corrected chi connectivity index (χ2v) is 5.82. The van der Waals surface area contributed by atoms with E-state index >= 15 is 0 Å². The van der Waals surface area contributed by atoms with Crippen LogP contribution in [0.4, 0.5) is 0 Å². The molecule has 2 amide bonds. The molecule has 2 rings (SSSR count). The Morgan fingerprint density at radius 2 is 2.00 bits per heavy atom. The van der Waals surface area contributed by atoms with Gasteiger partial charge in [-0.05, 0) is 18.6 Å². The van der Waals surface area contributed by atoms with Crippen LogP contribution < -0.4 is 10.1 Å². The second-order valence-electron chi connectivity index (χ2n) is 5.82. The van der Waals surface area contributed by atoms with Crippen molar-refractivity contribution in [1.29, 1.82) is 0 Å². The van der Waals surface area contributed by atoms with Crippen LogP contribution in [0.2, 0.25) is 0 Å². The molecule has 138 valence electrons. The van der Waals surface area contributed by atoms with E-state index in [-0.39, 0.29) is 11.8 Å². The number of hydrogen-bond acceptors (Lipinski definition) is 6. The van der Waals surface area contributed by atoms with E-state index in [9.17, 15) is 9.59 Å². The fourth-order valence-electron chi connectivity index (χ4n) is 2.70. The molecule has 2 heterocycles. The molecular formula is C17H26N4O4. The number of rotatable bonds is 8. The molecule has 0 atom stereocenters. The Labute approximate surface area is 148 Å². The molecule has 1 aromatic heterocycles. The van der Waals surface area contributed by atoms with Crippen molar-refractivity contribution in [1.82, 2.24) is 20.1 Å². The minimum atomic E-state index is -0.0892. The lowest BCUT2D eigenvalue weighted by molar-refractivity contribution is -0.122. The quantitative estimate of drug-likeness (QED) is 0.665. The number of nitrogens with one attached hydrogen (secondary N) is 1. The number of pyridine rings is 1. The van der Waals surface area contributed by atoms with Crippen LogP contribution in [0.1, 0.15) is 16.8 Å². The number of carbonyl (C=O) groups excluding carboxylic acids is 2. The molecule has 1 saturated heterocycles. The molecule has 0 aliphatic carbocycles. The number of methoxy groups -OCH3 is 2. The molecule has 8 heteroatoms. The zero-order chi connectivity index (χ0) is 18.1. The van der Waals surface area contributed by atoms with Gasteiger partial charge in [0, 0.05) is 52.6 Å². The summed E-state index contributed by atoms with van der Waals surface area (Å²) in [7, 11) is 3.14. The van der Waals surface area contributed by atoms with Crippen LogP contribution in [0.15, 0.2) is 18.3 Å². The number of carbonyl (C=O) groups is 2. The molecular weight excluding hydrogens is 324 g/mol. The van der Waals surface area contributed by atoms with Gasteiger partial charge in [0.25, 0.3) is 5.91 Å². The van der Waals surface area contributed by atoms with Crippen LogP contribution in [-0.2, 0) is 9.53 Å². The van der Waals surface area contributed by atoms with Crippen molar-refractivity contribution in [2.75, 3.05) is 60.1 Å². The van der Waals surface area contributed by atoms with E-state index in [1.807, 2.05) is 0 Å². The highest BCUT2D eigenvalue weighted by molar-refractivity contribution is 5.96. The maximum Gasteiger partial charge on any atom is 0.259 e. The average Bonchev–Trinajstić information content (AvgIpc) is 2.65. The largest absolute Gasteiger partial charge is 0.480 e. The standard InChI is InChI=1S/C17H26N4O4/c1-24-12-4-7-18-15(22)13-20-8-10-21(11-9-20)17(23)14-5-3-6-19-16(14)25-2/h3,5-6H,4,7-13H2,1-2H3,(H,18,22). The first-order chi connectivity index (χ1) is 12.2. The smallest absolute Gasteiger partial charge is 0.259 e. The topological polar surface area (TPSA) is 84.0 Å². The number of piperazine rings is 1. The van der Waals surface area contributed by atoms with Crippen LogP contribution in [0, 0.1) is 0 Å². The molecule has 0 radical (unpaired) electrons. The normalized spacial score (nSPS) is 15.0. The number of ether oxygens (including phenoxy) is 2. The van der Waals surface area contributed by atoms with Crippen molar-refractivity contribution in [2.24, 2.45) is 0 Å². The third-order valence-corrected chi connectivity index (χ3v) is 4.07. The molecule has 0 bridgehead atoms. The first kappa shape index (κ1) is 19.1. The zero-order valence-corrected chi connectivity index (χ0v) is 14.9. The summed E-state index contributed by atoms with van der Waals surface area (Å²) in [5.41, 5.74) is 0.467. The Morgan fingerprint density at radius 1 is 1.24 bits per heavy atom. The van der Waals surface area contributed by atoms with Gasteiger partial charge in [0.15, 0.2) is 0 Å². The van der Waals surface area contributed by atoms with Gasteiger partial charge >= 0.3 is 0 Å². The highest BCUT2D eigenvalue weighted by Crippen LogP contribution is 2.17. The number of aromatic nitrogens is 1. The van der Waals surface area contributed by atoms with Crippen molar-refractivity contribution in [3.05, 3.63) is 23.9 Å². The molecule has 8 nitrogen and oxygen atoms in total. The highest BCUT2D eigenvalue weighted by atomic mass is 16.5. The molecule has 0 saturated carbocycles. The summed E-state index contributed by atoms with van der Waals surface area (Å²) in [4.78, 5) is 32.4. The van der Waals surface area contributed by atoms with Crippen molar-refractivity contribution in [3.8, 4) is 5.88 Å². The monoisotopic (exact) mass is 350 g/mol. The van der Waals surface area contributed by atoms with Gasteiger partial charge in [-0.2, -0.15) is 0 Å². The van der Waals surface area contributed by atoms with Crippen molar-refractivity contribution < 1.29 is 19.1 Å². The molecule has 1 fully saturated rings. The fourth-order valence-corrected chi connectivity index (χ4v) is 2.70. The molecule has 1 N–H and O–H groups in total. The van der Waals surface area contributed by atoms with Gasteiger partial charge in [-0.1, -0.05) is 0 Å². The third-order valence-electron chi connectivity index (χ3n) is 4.07. The molecule has 25 heavy (non-hydrogen) atoms. The predicted octanol–water partition coefficient (Wildman–Crippen LogP) is 0.000700. The molecule has 0 spiro atoms. The van der Waals surface area contributed by atoms with E-state index < -0.39 is 0 Å². The summed E-state index contributed by atoms with van der Waals surface area (Å²) < 4.78 is 10.1. The average molecular weight is 350 g/mol. The van der Waals surface area contributed by atoms with E-state index in [1.165, 1.54) is 7.11 Å². The predicted molar refractivity (Wildman–Crippen MR) is 92.6 cm³/mol. The molecule has 1 aliphatic heterocycles. The summed E-state index contributed by atoms with van der Waals surface area (Å²) >= 11 is 0. The SMILES string of the molecule is COCCCNC(=O)CN1CCN(C(=O)c2cccnc2OC)CC1. The maximum atomic E-state index is 12.6. The minimum Gasteiger partial charge on any atom is -0.480 e.